The molecule has 0 N–H and O–H groups in total. The summed E-state index contributed by atoms with van der Waals surface area (Å²) < 4.78 is 0. The highest BCUT2D eigenvalue weighted by atomic mass is 35.5. The Hall–Kier alpha value is -2.05. The van der Waals surface area contributed by atoms with Crippen molar-refractivity contribution in [2.24, 2.45) is 23.7 Å². The molecule has 7 rings (SSSR count). The van der Waals surface area contributed by atoms with Gasteiger partial charge < -0.3 is 0 Å². The molecule has 27 heavy (non-hydrogen) atoms. The SMILES string of the molecule is Clc1ccc(-c2ccc3c(c2)C2(CC4C5CCC2C54)c2ccccc2-3)cc1. The fourth-order valence-electron chi connectivity index (χ4n) is 7.27. The van der Waals surface area contributed by atoms with E-state index < -0.39 is 0 Å². The molecule has 0 radical (unpaired) electrons. The molecule has 3 aromatic carbocycles. The largest absolute Gasteiger partial charge is 0.0843 e. The summed E-state index contributed by atoms with van der Waals surface area (Å²) in [4.78, 5) is 0. The van der Waals surface area contributed by atoms with Crippen molar-refractivity contribution in [1.29, 1.82) is 0 Å². The summed E-state index contributed by atoms with van der Waals surface area (Å²) in [6.45, 7) is 0. The van der Waals surface area contributed by atoms with Crippen LogP contribution in [0.1, 0.15) is 30.4 Å². The van der Waals surface area contributed by atoms with Gasteiger partial charge >= 0.3 is 0 Å². The quantitative estimate of drug-likeness (QED) is 0.436. The van der Waals surface area contributed by atoms with E-state index in [1.807, 2.05) is 12.1 Å². The zero-order chi connectivity index (χ0) is 17.8. The van der Waals surface area contributed by atoms with E-state index in [1.165, 1.54) is 41.5 Å². The minimum absolute atomic E-state index is 0.274. The number of halogens is 1. The van der Waals surface area contributed by atoms with Crippen LogP contribution >= 0.6 is 11.6 Å². The van der Waals surface area contributed by atoms with Crippen LogP contribution in [-0.4, -0.2) is 0 Å². The van der Waals surface area contributed by atoms with Crippen LogP contribution in [0, 0.1) is 23.7 Å². The van der Waals surface area contributed by atoms with Crippen LogP contribution < -0.4 is 0 Å². The van der Waals surface area contributed by atoms with Crippen LogP contribution in [-0.2, 0) is 5.41 Å². The molecule has 3 saturated carbocycles. The molecular formula is C26H21Cl. The van der Waals surface area contributed by atoms with Crippen LogP contribution in [0.4, 0.5) is 0 Å². The molecule has 4 aliphatic carbocycles. The Labute approximate surface area is 165 Å². The predicted octanol–water partition coefficient (Wildman–Crippen LogP) is 6.95. The highest BCUT2D eigenvalue weighted by molar-refractivity contribution is 6.30. The summed E-state index contributed by atoms with van der Waals surface area (Å²) in [6, 6.07) is 24.7. The smallest absolute Gasteiger partial charge is 0.0406 e. The van der Waals surface area contributed by atoms with Gasteiger partial charge in [-0.2, -0.15) is 0 Å². The van der Waals surface area contributed by atoms with Crippen molar-refractivity contribution >= 4 is 11.6 Å². The average Bonchev–Trinajstić information content (AvgIpc) is 3.00. The fourth-order valence-corrected chi connectivity index (χ4v) is 7.40. The van der Waals surface area contributed by atoms with Crippen molar-refractivity contribution in [1.82, 2.24) is 0 Å². The van der Waals surface area contributed by atoms with Gasteiger partial charge in [-0.15, -0.1) is 0 Å². The van der Waals surface area contributed by atoms with Crippen LogP contribution in [0.5, 0.6) is 0 Å². The van der Waals surface area contributed by atoms with Crippen LogP contribution in [0.2, 0.25) is 5.02 Å². The van der Waals surface area contributed by atoms with Gasteiger partial charge in [-0.3, -0.25) is 0 Å². The monoisotopic (exact) mass is 368 g/mol. The maximum Gasteiger partial charge on any atom is 0.0406 e. The van der Waals surface area contributed by atoms with Gasteiger partial charge in [0.2, 0.25) is 0 Å². The van der Waals surface area contributed by atoms with Gasteiger partial charge in [0.25, 0.3) is 0 Å². The van der Waals surface area contributed by atoms with Crippen molar-refractivity contribution in [3.63, 3.8) is 0 Å². The van der Waals surface area contributed by atoms with E-state index in [0.717, 1.165) is 28.7 Å². The normalized spacial score (nSPS) is 33.8. The summed E-state index contributed by atoms with van der Waals surface area (Å²) in [7, 11) is 0. The standard InChI is InChI=1S/C26H21Cl/c27-17-8-5-15(6-9-17)16-7-10-19-18-3-1-2-4-22(18)26(24(19)13-16)14-21-20-11-12-23(26)25(20)21/h1-10,13,20-21,23,25H,11-12,14H2. The molecule has 1 heteroatoms. The third-order valence-electron chi connectivity index (χ3n) is 8.24. The van der Waals surface area contributed by atoms with Crippen LogP contribution in [0.3, 0.4) is 0 Å². The first kappa shape index (κ1) is 14.9. The first-order valence-electron chi connectivity index (χ1n) is 10.3. The second-order valence-corrected chi connectivity index (χ2v) is 9.51. The summed E-state index contributed by atoms with van der Waals surface area (Å²) in [5, 5.41) is 0.802. The second-order valence-electron chi connectivity index (χ2n) is 9.08. The lowest BCUT2D eigenvalue weighted by Crippen LogP contribution is -2.31. The molecular weight excluding hydrogens is 348 g/mol. The lowest BCUT2D eigenvalue weighted by molar-refractivity contribution is 0.350. The lowest BCUT2D eigenvalue weighted by Gasteiger charge is -2.35. The summed E-state index contributed by atoms with van der Waals surface area (Å²) in [5.74, 6) is 3.90. The summed E-state index contributed by atoms with van der Waals surface area (Å²) in [5.41, 5.74) is 9.05. The first-order valence-corrected chi connectivity index (χ1v) is 10.7. The molecule has 132 valence electrons. The third-order valence-corrected chi connectivity index (χ3v) is 8.49. The number of benzene rings is 3. The van der Waals surface area contributed by atoms with E-state index in [-0.39, 0.29) is 5.41 Å². The number of hydrogen-bond donors (Lipinski definition) is 0. The van der Waals surface area contributed by atoms with E-state index in [0.29, 0.717) is 0 Å². The number of rotatable bonds is 1. The fraction of sp³-hybridized carbons (Fsp3) is 0.308. The molecule has 1 spiro atoms. The molecule has 0 nitrogen and oxygen atoms in total. The maximum atomic E-state index is 6.12. The average molecular weight is 369 g/mol. The zero-order valence-corrected chi connectivity index (χ0v) is 15.9. The maximum absolute atomic E-state index is 6.12. The van der Waals surface area contributed by atoms with Gasteiger partial charge in [0.1, 0.15) is 0 Å². The molecule has 0 aliphatic heterocycles. The highest BCUT2D eigenvalue weighted by Crippen LogP contribution is 2.78. The van der Waals surface area contributed by atoms with E-state index in [1.54, 1.807) is 11.1 Å². The van der Waals surface area contributed by atoms with E-state index in [9.17, 15) is 0 Å². The number of hydrogen-bond acceptors (Lipinski definition) is 0. The first-order chi connectivity index (χ1) is 13.3. The van der Waals surface area contributed by atoms with Crippen molar-refractivity contribution < 1.29 is 0 Å². The van der Waals surface area contributed by atoms with Crippen LogP contribution in [0.15, 0.2) is 66.7 Å². The van der Waals surface area contributed by atoms with Gasteiger partial charge in [0, 0.05) is 10.4 Å². The van der Waals surface area contributed by atoms with Gasteiger partial charge in [0.15, 0.2) is 0 Å². The molecule has 3 fully saturated rings. The third kappa shape index (κ3) is 1.72. The molecule has 3 aromatic rings. The Kier molecular flexibility index (Phi) is 2.69. The second kappa shape index (κ2) is 4.86. The topological polar surface area (TPSA) is 0 Å². The molecule has 4 aliphatic rings. The van der Waals surface area contributed by atoms with Crippen molar-refractivity contribution in [2.45, 2.75) is 24.7 Å². The molecule has 0 amide bonds. The Morgan fingerprint density at radius 3 is 2.37 bits per heavy atom. The molecule has 5 atom stereocenters. The molecule has 0 saturated heterocycles. The zero-order valence-electron chi connectivity index (χ0n) is 15.2. The van der Waals surface area contributed by atoms with Gasteiger partial charge in [-0.25, -0.2) is 0 Å². The van der Waals surface area contributed by atoms with E-state index in [4.69, 9.17) is 11.6 Å². The predicted molar refractivity (Wildman–Crippen MR) is 111 cm³/mol. The van der Waals surface area contributed by atoms with Gasteiger partial charge in [-0.05, 0) is 94.5 Å². The molecule has 0 aromatic heterocycles. The minimum Gasteiger partial charge on any atom is -0.0843 e. The number of fused-ring (bicyclic) bond motifs is 7. The van der Waals surface area contributed by atoms with Gasteiger partial charge in [0.05, 0.1) is 0 Å². The Balaban J connectivity index is 1.47. The van der Waals surface area contributed by atoms with E-state index in [2.05, 4.69) is 54.6 Å². The molecule has 5 unspecified atom stereocenters. The summed E-state index contributed by atoms with van der Waals surface area (Å²) in [6.07, 6.45) is 4.27. The van der Waals surface area contributed by atoms with E-state index >= 15 is 0 Å². The molecule has 0 bridgehead atoms. The van der Waals surface area contributed by atoms with Crippen molar-refractivity contribution in [3.8, 4) is 22.3 Å². The Morgan fingerprint density at radius 2 is 1.52 bits per heavy atom. The Bertz CT molecular complexity index is 1100. The van der Waals surface area contributed by atoms with Crippen molar-refractivity contribution in [2.75, 3.05) is 0 Å². The van der Waals surface area contributed by atoms with Gasteiger partial charge in [-0.1, -0.05) is 60.1 Å². The minimum atomic E-state index is 0.274. The highest BCUT2D eigenvalue weighted by Gasteiger charge is 2.72. The summed E-state index contributed by atoms with van der Waals surface area (Å²) >= 11 is 6.12. The lowest BCUT2D eigenvalue weighted by atomic mass is 9.68. The van der Waals surface area contributed by atoms with Crippen molar-refractivity contribution in [3.05, 3.63) is 82.9 Å². The Morgan fingerprint density at radius 1 is 0.741 bits per heavy atom. The molecule has 0 heterocycles. The van der Waals surface area contributed by atoms with Crippen LogP contribution in [0.25, 0.3) is 22.3 Å².